The molecular weight excluding hydrogens is 498 g/mol. The van der Waals surface area contributed by atoms with Crippen LogP contribution in [0.1, 0.15) is 46.7 Å². The van der Waals surface area contributed by atoms with Crippen LogP contribution in [0.25, 0.3) is 10.8 Å². The third-order valence-corrected chi connectivity index (χ3v) is 6.76. The summed E-state index contributed by atoms with van der Waals surface area (Å²) in [4.78, 5) is 0. The average Bonchev–Trinajstić information content (AvgIpc) is 2.87. The van der Waals surface area contributed by atoms with E-state index < -0.39 is 23.4 Å². The van der Waals surface area contributed by atoms with Crippen LogP contribution in [-0.2, 0) is 38.3 Å². The van der Waals surface area contributed by atoms with Gasteiger partial charge in [-0.25, -0.2) is 13.2 Å². The first-order chi connectivity index (χ1) is 18.2. The largest absolute Gasteiger partial charge is 0.419 e. The van der Waals surface area contributed by atoms with Crippen molar-refractivity contribution >= 4 is 10.8 Å². The van der Waals surface area contributed by atoms with Gasteiger partial charge in [0.15, 0.2) is 0 Å². The second kappa shape index (κ2) is 11.9. The lowest BCUT2D eigenvalue weighted by Gasteiger charge is -2.11. The Morgan fingerprint density at radius 2 is 1.24 bits per heavy atom. The van der Waals surface area contributed by atoms with Crippen LogP contribution in [0, 0.1) is 17.5 Å². The maximum Gasteiger partial charge on any atom is 0.419 e. The highest BCUT2D eigenvalue weighted by Gasteiger charge is 2.33. The summed E-state index contributed by atoms with van der Waals surface area (Å²) in [5.74, 6) is -1.95. The molecule has 198 valence electrons. The van der Waals surface area contributed by atoms with Crippen LogP contribution in [0.3, 0.4) is 0 Å². The first kappa shape index (κ1) is 27.5. The van der Waals surface area contributed by atoms with E-state index in [2.05, 4.69) is 6.08 Å². The molecule has 0 spiro atoms. The molecule has 0 aliphatic heterocycles. The van der Waals surface area contributed by atoms with Gasteiger partial charge in [-0.2, -0.15) is 13.2 Å². The zero-order chi connectivity index (χ0) is 27.3. The molecule has 0 unspecified atom stereocenters. The Labute approximate surface area is 218 Å². The van der Waals surface area contributed by atoms with Gasteiger partial charge in [-0.1, -0.05) is 60.7 Å². The highest BCUT2D eigenvalue weighted by atomic mass is 19.4. The molecule has 38 heavy (non-hydrogen) atoms. The topological polar surface area (TPSA) is 0 Å². The zero-order valence-electron chi connectivity index (χ0n) is 21.0. The van der Waals surface area contributed by atoms with E-state index in [0.29, 0.717) is 46.4 Å². The van der Waals surface area contributed by atoms with Crippen molar-refractivity contribution in [2.24, 2.45) is 0 Å². The molecular formula is C32H28F6. The van der Waals surface area contributed by atoms with E-state index in [9.17, 15) is 22.0 Å². The molecule has 4 aromatic rings. The summed E-state index contributed by atoms with van der Waals surface area (Å²) in [5, 5.41) is 1.14. The summed E-state index contributed by atoms with van der Waals surface area (Å²) < 4.78 is 81.9. The Balaban J connectivity index is 1.41. The summed E-state index contributed by atoms with van der Waals surface area (Å²) in [6, 6.07) is 17.0. The maximum absolute atomic E-state index is 15.2. The van der Waals surface area contributed by atoms with Crippen LogP contribution in [0.4, 0.5) is 26.3 Å². The van der Waals surface area contributed by atoms with Crippen molar-refractivity contribution in [3.8, 4) is 0 Å². The summed E-state index contributed by atoms with van der Waals surface area (Å²) in [6.07, 6.45) is 2.50. The van der Waals surface area contributed by atoms with Gasteiger partial charge in [0.1, 0.15) is 17.5 Å². The van der Waals surface area contributed by atoms with E-state index in [4.69, 9.17) is 0 Å². The molecule has 0 N–H and O–H groups in total. The van der Waals surface area contributed by atoms with Gasteiger partial charge in [-0.3, -0.25) is 0 Å². The molecule has 0 aromatic heterocycles. The fourth-order valence-electron chi connectivity index (χ4n) is 4.60. The van der Waals surface area contributed by atoms with Gasteiger partial charge >= 0.3 is 6.18 Å². The minimum Gasteiger partial charge on any atom is -0.207 e. The number of halogens is 6. The number of benzene rings is 4. The van der Waals surface area contributed by atoms with Crippen molar-refractivity contribution in [1.82, 2.24) is 0 Å². The molecule has 0 amide bonds. The third-order valence-electron chi connectivity index (χ3n) is 6.76. The lowest BCUT2D eigenvalue weighted by molar-refractivity contribution is -0.140. The number of hydrogen-bond acceptors (Lipinski definition) is 0. The molecule has 0 saturated heterocycles. The Bertz CT molecular complexity index is 1450. The van der Waals surface area contributed by atoms with Crippen LogP contribution in [0.2, 0.25) is 0 Å². The first-order valence-corrected chi connectivity index (χ1v) is 12.6. The second-order valence-corrected chi connectivity index (χ2v) is 9.44. The first-order valence-electron chi connectivity index (χ1n) is 12.6. The van der Waals surface area contributed by atoms with Crippen molar-refractivity contribution in [2.45, 2.75) is 51.6 Å². The molecule has 0 bridgehead atoms. The average molecular weight is 527 g/mol. The van der Waals surface area contributed by atoms with Crippen molar-refractivity contribution in [3.05, 3.63) is 130 Å². The normalized spacial score (nSPS) is 12.1. The number of hydrogen-bond donors (Lipinski definition) is 0. The van der Waals surface area contributed by atoms with Crippen LogP contribution >= 0.6 is 0 Å². The quantitative estimate of drug-likeness (QED) is 0.151. The molecule has 4 rings (SSSR count). The third kappa shape index (κ3) is 6.66. The molecule has 0 saturated carbocycles. The molecule has 0 fully saturated rings. The van der Waals surface area contributed by atoms with Crippen molar-refractivity contribution in [2.75, 3.05) is 0 Å². The van der Waals surface area contributed by atoms with Crippen LogP contribution < -0.4 is 0 Å². The van der Waals surface area contributed by atoms with E-state index in [1.165, 1.54) is 6.07 Å². The molecule has 4 aromatic carbocycles. The van der Waals surface area contributed by atoms with Gasteiger partial charge in [0.05, 0.1) is 5.56 Å². The number of rotatable bonds is 9. The molecule has 6 heteroatoms. The van der Waals surface area contributed by atoms with Gasteiger partial charge in [-0.15, -0.1) is 0 Å². The van der Waals surface area contributed by atoms with E-state index >= 15 is 4.39 Å². The Morgan fingerprint density at radius 1 is 0.632 bits per heavy atom. The Morgan fingerprint density at radius 3 is 1.92 bits per heavy atom. The Hall–Kier alpha value is -3.54. The number of allylic oxidation sites excluding steroid dienone is 2. The van der Waals surface area contributed by atoms with Gasteiger partial charge in [-0.05, 0) is 96.9 Å². The minimum atomic E-state index is -4.75. The monoisotopic (exact) mass is 526 g/mol. The summed E-state index contributed by atoms with van der Waals surface area (Å²) in [6.45, 7) is 1.96. The summed E-state index contributed by atoms with van der Waals surface area (Å²) in [5.41, 5.74) is 2.02. The number of alkyl halides is 3. The Kier molecular flexibility index (Phi) is 8.60. The smallest absolute Gasteiger partial charge is 0.207 e. The minimum absolute atomic E-state index is 0.204. The number of fused-ring (bicyclic) bond motifs is 1. The fourth-order valence-corrected chi connectivity index (χ4v) is 4.60. The number of aryl methyl sites for hydroxylation is 5. The lowest BCUT2D eigenvalue weighted by Crippen LogP contribution is -2.08. The highest BCUT2D eigenvalue weighted by molar-refractivity contribution is 5.84. The van der Waals surface area contributed by atoms with Crippen molar-refractivity contribution in [1.29, 1.82) is 0 Å². The molecule has 0 aliphatic carbocycles. The van der Waals surface area contributed by atoms with Gasteiger partial charge in [0.25, 0.3) is 0 Å². The van der Waals surface area contributed by atoms with Crippen LogP contribution in [0.5, 0.6) is 0 Å². The molecule has 0 heterocycles. The summed E-state index contributed by atoms with van der Waals surface area (Å²) >= 11 is 0. The van der Waals surface area contributed by atoms with E-state index in [0.717, 1.165) is 30.0 Å². The second-order valence-electron chi connectivity index (χ2n) is 9.44. The van der Waals surface area contributed by atoms with Gasteiger partial charge in [0, 0.05) is 5.39 Å². The zero-order valence-corrected chi connectivity index (χ0v) is 21.0. The summed E-state index contributed by atoms with van der Waals surface area (Å²) in [7, 11) is 0. The fraction of sp³-hybridized carbons (Fsp3) is 0.250. The van der Waals surface area contributed by atoms with Crippen molar-refractivity contribution in [3.63, 3.8) is 0 Å². The molecule has 0 atom stereocenters. The predicted molar refractivity (Wildman–Crippen MR) is 140 cm³/mol. The van der Waals surface area contributed by atoms with E-state index in [1.54, 1.807) is 24.3 Å². The standard InChI is InChI=1S/C32H28F6/c1-2-3-4-5-21-6-11-24(29(33)19-21)12-7-22-9-16-27-26(18-22)15-14-25(31(27)35)13-8-23-10-17-28(30(34)20-23)32(36,37)38/h2-3,6,9-11,14-20H,4-5,7-8,12-13H2,1H3/b3-2+. The van der Waals surface area contributed by atoms with Crippen LogP contribution in [-0.4, -0.2) is 0 Å². The molecule has 0 radical (unpaired) electrons. The van der Waals surface area contributed by atoms with Gasteiger partial charge < -0.3 is 0 Å². The van der Waals surface area contributed by atoms with Crippen molar-refractivity contribution < 1.29 is 26.3 Å². The molecule has 0 aliphatic rings. The molecule has 0 nitrogen and oxygen atoms in total. The van der Waals surface area contributed by atoms with E-state index in [-0.39, 0.29) is 18.7 Å². The lowest BCUT2D eigenvalue weighted by atomic mass is 9.96. The van der Waals surface area contributed by atoms with E-state index in [1.807, 2.05) is 37.3 Å². The SMILES string of the molecule is C/C=C/CCc1ccc(CCc2ccc3c(F)c(CCc4ccc(C(F)(F)F)c(F)c4)ccc3c2)c(F)c1. The van der Waals surface area contributed by atoms with Gasteiger partial charge in [0.2, 0.25) is 0 Å². The van der Waals surface area contributed by atoms with Crippen LogP contribution in [0.15, 0.2) is 78.9 Å². The highest BCUT2D eigenvalue weighted by Crippen LogP contribution is 2.32. The predicted octanol–water partition coefficient (Wildman–Crippen LogP) is 9.35. The maximum atomic E-state index is 15.2.